The van der Waals surface area contributed by atoms with Crippen molar-refractivity contribution in [3.63, 3.8) is 0 Å². The van der Waals surface area contributed by atoms with Gasteiger partial charge in [0.25, 0.3) is 0 Å². The molecule has 20 heavy (non-hydrogen) atoms. The van der Waals surface area contributed by atoms with E-state index in [1.165, 1.54) is 12.8 Å². The first-order valence-electron chi connectivity index (χ1n) is 6.23. The van der Waals surface area contributed by atoms with Crippen LogP contribution in [-0.4, -0.2) is 30.1 Å². The van der Waals surface area contributed by atoms with Crippen molar-refractivity contribution in [2.75, 3.05) is 0 Å². The monoisotopic (exact) mass is 302 g/mol. The molecule has 0 saturated heterocycles. The van der Waals surface area contributed by atoms with Crippen molar-refractivity contribution < 1.29 is 0 Å². The van der Waals surface area contributed by atoms with Crippen LogP contribution >= 0.6 is 23.6 Å². The summed E-state index contributed by atoms with van der Waals surface area (Å²) in [4.78, 5) is 18.5. The molecule has 2 N–H and O–H groups in total. The highest BCUT2D eigenvalue weighted by Crippen LogP contribution is 2.46. The van der Waals surface area contributed by atoms with E-state index in [0.717, 1.165) is 27.1 Å². The summed E-state index contributed by atoms with van der Waals surface area (Å²) in [6.07, 6.45) is 7.43. The van der Waals surface area contributed by atoms with Crippen molar-refractivity contribution in [3.8, 4) is 21.4 Å². The van der Waals surface area contributed by atoms with E-state index in [1.54, 1.807) is 29.9 Å². The summed E-state index contributed by atoms with van der Waals surface area (Å²) in [7, 11) is 0. The summed E-state index contributed by atoms with van der Waals surface area (Å²) in [6, 6.07) is 0. The van der Waals surface area contributed by atoms with Crippen LogP contribution in [0.25, 0.3) is 21.4 Å². The van der Waals surface area contributed by atoms with Gasteiger partial charge in [-0.25, -0.2) is 4.98 Å². The van der Waals surface area contributed by atoms with Crippen LogP contribution in [0.3, 0.4) is 0 Å². The molecule has 0 radical (unpaired) electrons. The molecule has 8 heteroatoms. The van der Waals surface area contributed by atoms with Gasteiger partial charge in [-0.3, -0.25) is 20.2 Å². The molecular formula is C12H10N6S2. The fraction of sp³-hybridized carbons (Fsp3) is 0.250. The third kappa shape index (κ3) is 2.06. The van der Waals surface area contributed by atoms with Crippen molar-refractivity contribution in [3.05, 3.63) is 29.1 Å². The first-order chi connectivity index (χ1) is 9.81. The van der Waals surface area contributed by atoms with E-state index < -0.39 is 0 Å². The predicted molar refractivity (Wildman–Crippen MR) is 77.9 cm³/mol. The number of hydrogen-bond acceptors (Lipinski definition) is 6. The second-order valence-corrected chi connectivity index (χ2v) is 6.00. The minimum Gasteiger partial charge on any atom is -0.281 e. The number of thiazole rings is 1. The van der Waals surface area contributed by atoms with Gasteiger partial charge >= 0.3 is 0 Å². The lowest BCUT2D eigenvalue weighted by molar-refractivity contribution is 1.04. The van der Waals surface area contributed by atoms with Gasteiger partial charge in [0.2, 0.25) is 4.77 Å². The van der Waals surface area contributed by atoms with Crippen molar-refractivity contribution in [1.29, 1.82) is 0 Å². The fourth-order valence-electron chi connectivity index (χ4n) is 2.03. The van der Waals surface area contributed by atoms with Crippen LogP contribution in [0.5, 0.6) is 0 Å². The first kappa shape index (κ1) is 11.9. The van der Waals surface area contributed by atoms with Gasteiger partial charge in [-0.1, -0.05) is 0 Å². The van der Waals surface area contributed by atoms with E-state index in [2.05, 4.69) is 25.1 Å². The van der Waals surface area contributed by atoms with Crippen molar-refractivity contribution >= 4 is 23.6 Å². The molecule has 0 aliphatic heterocycles. The molecule has 1 fully saturated rings. The van der Waals surface area contributed by atoms with E-state index in [4.69, 9.17) is 17.2 Å². The highest BCUT2D eigenvalue weighted by Gasteiger charge is 2.31. The fourth-order valence-corrected chi connectivity index (χ4v) is 3.23. The van der Waals surface area contributed by atoms with E-state index in [0.29, 0.717) is 10.7 Å². The maximum absolute atomic E-state index is 5.02. The number of aromatic nitrogens is 6. The highest BCUT2D eigenvalue weighted by atomic mass is 32.1. The van der Waals surface area contributed by atoms with Gasteiger partial charge in [-0.2, -0.15) is 4.98 Å². The number of nitrogens with zero attached hydrogens (tertiary/aromatic N) is 4. The summed E-state index contributed by atoms with van der Waals surface area (Å²) in [5.74, 6) is 1.29. The Morgan fingerprint density at radius 3 is 2.75 bits per heavy atom. The molecule has 0 spiro atoms. The average Bonchev–Trinajstić information content (AvgIpc) is 3.08. The van der Waals surface area contributed by atoms with E-state index in [-0.39, 0.29) is 0 Å². The Balaban J connectivity index is 1.86. The third-order valence-electron chi connectivity index (χ3n) is 3.12. The summed E-state index contributed by atoms with van der Waals surface area (Å²) in [5.41, 5.74) is 1.88. The van der Waals surface area contributed by atoms with Gasteiger partial charge < -0.3 is 0 Å². The molecule has 3 heterocycles. The SMILES string of the molecule is S=c1nc(-c2sc(-c3cnccn3)nc2C2CC2)[nH][nH]1. The Morgan fingerprint density at radius 1 is 1.20 bits per heavy atom. The van der Waals surface area contributed by atoms with Gasteiger partial charge in [-0.05, 0) is 25.1 Å². The molecule has 3 aromatic heterocycles. The molecule has 0 atom stereocenters. The zero-order chi connectivity index (χ0) is 13.5. The first-order valence-corrected chi connectivity index (χ1v) is 7.46. The van der Waals surface area contributed by atoms with Crippen molar-refractivity contribution in [2.24, 2.45) is 0 Å². The lowest BCUT2D eigenvalue weighted by Gasteiger charge is -1.94. The summed E-state index contributed by atoms with van der Waals surface area (Å²) in [5, 5.41) is 6.71. The molecule has 0 aromatic carbocycles. The van der Waals surface area contributed by atoms with Crippen molar-refractivity contribution in [1.82, 2.24) is 30.1 Å². The maximum Gasteiger partial charge on any atom is 0.213 e. The number of rotatable bonds is 3. The van der Waals surface area contributed by atoms with Gasteiger partial charge in [-0.15, -0.1) is 11.3 Å². The molecule has 100 valence electrons. The smallest absolute Gasteiger partial charge is 0.213 e. The Labute approximate surface area is 123 Å². The van der Waals surface area contributed by atoms with Crippen molar-refractivity contribution in [2.45, 2.75) is 18.8 Å². The average molecular weight is 302 g/mol. The Bertz CT molecular complexity index is 799. The van der Waals surface area contributed by atoms with Gasteiger partial charge in [0.05, 0.1) is 16.8 Å². The van der Waals surface area contributed by atoms with Crippen LogP contribution in [-0.2, 0) is 0 Å². The summed E-state index contributed by atoms with van der Waals surface area (Å²) >= 11 is 6.60. The van der Waals surface area contributed by atoms with E-state index in [1.807, 2.05) is 0 Å². The second kappa shape index (κ2) is 4.57. The van der Waals surface area contributed by atoms with Crippen LogP contribution < -0.4 is 0 Å². The minimum absolute atomic E-state index is 0.455. The lowest BCUT2D eigenvalue weighted by atomic mass is 10.2. The van der Waals surface area contributed by atoms with Crippen LogP contribution in [0.2, 0.25) is 0 Å². The predicted octanol–water partition coefficient (Wildman–Crippen LogP) is 2.93. The topological polar surface area (TPSA) is 83.1 Å². The molecule has 0 amide bonds. The quantitative estimate of drug-likeness (QED) is 0.727. The second-order valence-electron chi connectivity index (χ2n) is 4.61. The van der Waals surface area contributed by atoms with Crippen LogP contribution in [0, 0.1) is 4.77 Å². The standard InChI is InChI=1S/C12H10N6S2/c19-12-16-10(17-18-12)9-8(6-1-2-6)15-11(20-9)7-5-13-3-4-14-7/h3-6H,1-2H2,(H2,16,17,18,19). The number of H-pyrrole nitrogens is 2. The number of hydrogen-bond donors (Lipinski definition) is 2. The Kier molecular flexibility index (Phi) is 2.71. The zero-order valence-electron chi connectivity index (χ0n) is 10.3. The van der Waals surface area contributed by atoms with E-state index >= 15 is 0 Å². The van der Waals surface area contributed by atoms with Gasteiger partial charge in [0.15, 0.2) is 5.82 Å². The highest BCUT2D eigenvalue weighted by molar-refractivity contribution is 7.71. The number of aromatic amines is 2. The Morgan fingerprint density at radius 2 is 2.10 bits per heavy atom. The van der Waals surface area contributed by atoms with Crippen LogP contribution in [0.1, 0.15) is 24.5 Å². The number of nitrogens with one attached hydrogen (secondary N) is 2. The van der Waals surface area contributed by atoms with Gasteiger partial charge in [0, 0.05) is 18.3 Å². The Hall–Kier alpha value is -1.93. The molecular weight excluding hydrogens is 292 g/mol. The van der Waals surface area contributed by atoms with Gasteiger partial charge in [0.1, 0.15) is 10.7 Å². The molecule has 4 rings (SSSR count). The third-order valence-corrected chi connectivity index (χ3v) is 4.41. The minimum atomic E-state index is 0.455. The molecule has 1 saturated carbocycles. The molecule has 3 aromatic rings. The maximum atomic E-state index is 5.02. The zero-order valence-corrected chi connectivity index (χ0v) is 12.0. The largest absolute Gasteiger partial charge is 0.281 e. The normalized spacial score (nSPS) is 14.6. The molecule has 1 aliphatic rings. The van der Waals surface area contributed by atoms with Crippen LogP contribution in [0.4, 0.5) is 0 Å². The lowest BCUT2D eigenvalue weighted by Crippen LogP contribution is -1.87. The summed E-state index contributed by atoms with van der Waals surface area (Å²) < 4.78 is 0.455. The summed E-state index contributed by atoms with van der Waals surface area (Å²) in [6.45, 7) is 0. The van der Waals surface area contributed by atoms with E-state index in [9.17, 15) is 0 Å². The molecule has 6 nitrogen and oxygen atoms in total. The molecule has 0 unspecified atom stereocenters. The van der Waals surface area contributed by atoms with Crippen LogP contribution in [0.15, 0.2) is 18.6 Å². The molecule has 0 bridgehead atoms. The molecule has 1 aliphatic carbocycles.